The second-order valence-corrected chi connectivity index (χ2v) is 13.3. The van der Waals surface area contributed by atoms with Gasteiger partial charge in [0.2, 0.25) is 0 Å². The van der Waals surface area contributed by atoms with Crippen LogP contribution < -0.4 is 20.1 Å². The molecule has 0 saturated heterocycles. The number of halogens is 9. The van der Waals surface area contributed by atoms with E-state index >= 15 is 0 Å². The molecule has 6 aromatic rings. The molecule has 0 amide bonds. The van der Waals surface area contributed by atoms with Gasteiger partial charge in [-0.3, -0.25) is 0 Å². The van der Waals surface area contributed by atoms with E-state index in [1.807, 2.05) is 38.1 Å². The van der Waals surface area contributed by atoms with E-state index < -0.39 is 23.5 Å². The molecule has 0 saturated carbocycles. The van der Waals surface area contributed by atoms with E-state index in [0.29, 0.717) is 57.8 Å². The molecule has 6 rings (SSSR count). The molecule has 0 aliphatic heterocycles. The number of ether oxygens (including phenoxy) is 2. The zero-order chi connectivity index (χ0) is 41.7. The van der Waals surface area contributed by atoms with Crippen LogP contribution in [0.2, 0.25) is 10.0 Å². The maximum absolute atomic E-state index is 12.6. The Kier molecular flexibility index (Phi) is 17.0. The summed E-state index contributed by atoms with van der Waals surface area (Å²) in [5.74, 6) is 3.01. The monoisotopic (exact) mass is 878 g/mol. The van der Waals surface area contributed by atoms with Gasteiger partial charge < -0.3 is 20.1 Å². The summed E-state index contributed by atoms with van der Waals surface area (Å²) in [6.45, 7) is 5.23. The number of nitrogens with one attached hydrogen (secondary N) is 2. The second kappa shape index (κ2) is 21.6. The molecule has 0 radical (unpaired) electrons. The van der Waals surface area contributed by atoms with Crippen molar-refractivity contribution in [2.24, 2.45) is 0 Å². The van der Waals surface area contributed by atoms with Gasteiger partial charge in [0, 0.05) is 13.1 Å². The van der Waals surface area contributed by atoms with Gasteiger partial charge in [0.1, 0.15) is 57.3 Å². The number of nitrogens with zero attached hydrogens (tertiary/aromatic N) is 4. The van der Waals surface area contributed by atoms with Crippen molar-refractivity contribution >= 4 is 47.2 Å². The molecular weight excluding hydrogens is 841 g/mol. The standard InChI is InChI=1S/2C21H19ClF3N3O.ClH/c2*1-2-18-19(22)20(28-13-27-18)26-12-11-14-3-7-16(8-4-14)29-17-9-5-15(6-10-17)21(23,24)25;/h2*3-10,13H,2,11-12H2,1H3,(H,26,27,28);1H. The fraction of sp³-hybridized carbons (Fsp3) is 0.238. The van der Waals surface area contributed by atoms with Crippen LogP contribution >= 0.6 is 35.6 Å². The summed E-state index contributed by atoms with van der Waals surface area (Å²) < 4.78 is 86.8. The van der Waals surface area contributed by atoms with Crippen molar-refractivity contribution in [3.63, 3.8) is 0 Å². The van der Waals surface area contributed by atoms with Crippen LogP contribution in [0.1, 0.15) is 47.5 Å². The first kappa shape index (κ1) is 46.4. The van der Waals surface area contributed by atoms with E-state index in [-0.39, 0.29) is 12.4 Å². The average molecular weight is 880 g/mol. The van der Waals surface area contributed by atoms with Crippen LogP contribution in [0.25, 0.3) is 0 Å². The zero-order valence-electron chi connectivity index (χ0n) is 31.7. The number of benzene rings is 4. The van der Waals surface area contributed by atoms with Crippen molar-refractivity contribution in [2.75, 3.05) is 23.7 Å². The minimum atomic E-state index is -4.36. The Hall–Kier alpha value is -5.31. The molecule has 2 heterocycles. The molecule has 0 bridgehead atoms. The van der Waals surface area contributed by atoms with E-state index in [4.69, 9.17) is 32.7 Å². The average Bonchev–Trinajstić information content (AvgIpc) is 3.20. The molecule has 0 spiro atoms. The van der Waals surface area contributed by atoms with E-state index in [1.54, 1.807) is 24.3 Å². The van der Waals surface area contributed by atoms with Gasteiger partial charge in [-0.25, -0.2) is 19.9 Å². The largest absolute Gasteiger partial charge is 0.457 e. The first-order valence-corrected chi connectivity index (χ1v) is 18.8. The minimum Gasteiger partial charge on any atom is -0.457 e. The van der Waals surface area contributed by atoms with E-state index in [1.165, 1.54) is 36.9 Å². The fourth-order valence-corrected chi connectivity index (χ4v) is 5.94. The van der Waals surface area contributed by atoms with Gasteiger partial charge in [0.25, 0.3) is 0 Å². The third-order valence-corrected chi connectivity index (χ3v) is 9.28. The summed E-state index contributed by atoms with van der Waals surface area (Å²) in [7, 11) is 0. The van der Waals surface area contributed by atoms with Crippen molar-refractivity contribution in [3.05, 3.63) is 153 Å². The van der Waals surface area contributed by atoms with Crippen molar-refractivity contribution < 1.29 is 35.8 Å². The van der Waals surface area contributed by atoms with Gasteiger partial charge in [0.15, 0.2) is 0 Å². The molecule has 59 heavy (non-hydrogen) atoms. The SMILES string of the molecule is CCc1ncnc(NCCc2ccc(Oc3ccc(C(F)(F)F)cc3)cc2)c1Cl.CCc1ncnc(NCCc2ccc(Oc3ccc(C(F)(F)F)cc3)cc2)c1Cl.Cl. The predicted octanol–water partition coefficient (Wildman–Crippen LogP) is 12.7. The van der Waals surface area contributed by atoms with Crippen molar-refractivity contribution in [1.29, 1.82) is 0 Å². The Balaban J connectivity index is 0.000000256. The molecule has 312 valence electrons. The van der Waals surface area contributed by atoms with Gasteiger partial charge in [0.05, 0.1) is 22.5 Å². The number of hydrogen-bond acceptors (Lipinski definition) is 8. The number of aromatic nitrogens is 4. The lowest BCUT2D eigenvalue weighted by Crippen LogP contribution is -2.08. The molecular formula is C42H39Cl3F6N6O2. The van der Waals surface area contributed by atoms with Gasteiger partial charge >= 0.3 is 12.4 Å². The molecule has 0 aliphatic carbocycles. The number of alkyl halides is 6. The Morgan fingerprint density at radius 1 is 0.492 bits per heavy atom. The topological polar surface area (TPSA) is 94.1 Å². The first-order chi connectivity index (χ1) is 27.7. The molecule has 17 heteroatoms. The van der Waals surface area contributed by atoms with Gasteiger partial charge in [-0.1, -0.05) is 61.3 Å². The van der Waals surface area contributed by atoms with Crippen LogP contribution in [0.5, 0.6) is 23.0 Å². The third-order valence-electron chi connectivity index (χ3n) is 8.49. The van der Waals surface area contributed by atoms with E-state index in [9.17, 15) is 26.3 Å². The third kappa shape index (κ3) is 13.9. The van der Waals surface area contributed by atoms with E-state index in [0.717, 1.165) is 72.5 Å². The lowest BCUT2D eigenvalue weighted by Gasteiger charge is -2.10. The summed E-state index contributed by atoms with van der Waals surface area (Å²) in [5, 5.41) is 7.48. The summed E-state index contributed by atoms with van der Waals surface area (Å²) in [6.07, 6.45) is -2.80. The second-order valence-electron chi connectivity index (χ2n) is 12.6. The van der Waals surface area contributed by atoms with Crippen LogP contribution in [0.3, 0.4) is 0 Å². The molecule has 8 nitrogen and oxygen atoms in total. The Bertz CT molecular complexity index is 2050. The fourth-order valence-electron chi connectivity index (χ4n) is 5.35. The zero-order valence-corrected chi connectivity index (χ0v) is 34.0. The maximum Gasteiger partial charge on any atom is 0.416 e. The molecule has 0 atom stereocenters. The molecule has 0 unspecified atom stereocenters. The molecule has 2 N–H and O–H groups in total. The van der Waals surface area contributed by atoms with Crippen LogP contribution in [0.4, 0.5) is 38.0 Å². The van der Waals surface area contributed by atoms with Gasteiger partial charge in [-0.2, -0.15) is 26.3 Å². The van der Waals surface area contributed by atoms with Gasteiger partial charge in [-0.15, -0.1) is 12.4 Å². The molecule has 0 aliphatic rings. The maximum atomic E-state index is 12.6. The quantitative estimate of drug-likeness (QED) is 0.105. The number of aryl methyl sites for hydroxylation is 2. The lowest BCUT2D eigenvalue weighted by atomic mass is 10.1. The number of rotatable bonds is 14. The highest BCUT2D eigenvalue weighted by atomic mass is 35.5. The van der Waals surface area contributed by atoms with Gasteiger partial charge in [-0.05, 0) is 110 Å². The number of anilines is 2. The van der Waals surface area contributed by atoms with Crippen LogP contribution in [-0.2, 0) is 38.0 Å². The minimum absolute atomic E-state index is 0. The highest BCUT2D eigenvalue weighted by molar-refractivity contribution is 6.33. The van der Waals surface area contributed by atoms with Crippen molar-refractivity contribution in [2.45, 2.75) is 51.9 Å². The Morgan fingerprint density at radius 2 is 0.797 bits per heavy atom. The summed E-state index contributed by atoms with van der Waals surface area (Å²) >= 11 is 12.5. The number of hydrogen-bond donors (Lipinski definition) is 2. The normalized spacial score (nSPS) is 11.2. The smallest absolute Gasteiger partial charge is 0.416 e. The summed E-state index contributed by atoms with van der Waals surface area (Å²) in [5.41, 5.74) is 2.32. The van der Waals surface area contributed by atoms with Crippen molar-refractivity contribution in [3.8, 4) is 23.0 Å². The molecule has 4 aromatic carbocycles. The van der Waals surface area contributed by atoms with Crippen LogP contribution in [0.15, 0.2) is 110 Å². The van der Waals surface area contributed by atoms with E-state index in [2.05, 4.69) is 30.6 Å². The Labute approximate surface area is 353 Å². The highest BCUT2D eigenvalue weighted by Crippen LogP contribution is 2.33. The first-order valence-electron chi connectivity index (χ1n) is 18.1. The van der Waals surface area contributed by atoms with Crippen LogP contribution in [-0.4, -0.2) is 33.0 Å². The highest BCUT2D eigenvalue weighted by Gasteiger charge is 2.31. The summed E-state index contributed by atoms with van der Waals surface area (Å²) in [6, 6.07) is 23.9. The summed E-state index contributed by atoms with van der Waals surface area (Å²) in [4.78, 5) is 16.6. The predicted molar refractivity (Wildman–Crippen MR) is 220 cm³/mol. The molecule has 2 aromatic heterocycles. The lowest BCUT2D eigenvalue weighted by molar-refractivity contribution is -0.138. The van der Waals surface area contributed by atoms with Crippen LogP contribution in [0, 0.1) is 0 Å². The molecule has 0 fully saturated rings. The van der Waals surface area contributed by atoms with Crippen molar-refractivity contribution in [1.82, 2.24) is 19.9 Å². The Morgan fingerprint density at radius 3 is 1.08 bits per heavy atom.